The molecule has 0 aromatic carbocycles. The van der Waals surface area contributed by atoms with E-state index in [-0.39, 0.29) is 17.5 Å². The second kappa shape index (κ2) is 9.32. The lowest BCUT2D eigenvalue weighted by atomic mass is 9.77. The van der Waals surface area contributed by atoms with Crippen molar-refractivity contribution in [2.45, 2.75) is 32.9 Å². The van der Waals surface area contributed by atoms with E-state index < -0.39 is 0 Å². The fourth-order valence-corrected chi connectivity index (χ4v) is 3.91. The van der Waals surface area contributed by atoms with Gasteiger partial charge in [0.05, 0.1) is 30.4 Å². The van der Waals surface area contributed by atoms with Gasteiger partial charge in [0.1, 0.15) is 5.69 Å². The normalized spacial score (nSPS) is 18.6. The predicted octanol–water partition coefficient (Wildman–Crippen LogP) is 3.66. The number of aromatic amines is 1. The Morgan fingerprint density at radius 1 is 1.31 bits per heavy atom. The van der Waals surface area contributed by atoms with Crippen molar-refractivity contribution in [1.82, 2.24) is 30.8 Å². The van der Waals surface area contributed by atoms with Gasteiger partial charge in [-0.15, -0.1) is 0 Å². The molecule has 0 saturated heterocycles. The van der Waals surface area contributed by atoms with Crippen molar-refractivity contribution >= 4 is 16.9 Å². The zero-order valence-corrected chi connectivity index (χ0v) is 18.6. The van der Waals surface area contributed by atoms with Gasteiger partial charge in [-0.1, -0.05) is 31.2 Å². The van der Waals surface area contributed by atoms with Crippen LogP contribution in [0.4, 0.5) is 4.79 Å². The number of aromatic nitrogens is 4. The van der Waals surface area contributed by atoms with E-state index in [4.69, 9.17) is 4.74 Å². The van der Waals surface area contributed by atoms with Crippen LogP contribution in [0.15, 0.2) is 54.9 Å². The van der Waals surface area contributed by atoms with Crippen LogP contribution in [0.5, 0.6) is 0 Å². The number of amides is 2. The van der Waals surface area contributed by atoms with E-state index in [2.05, 4.69) is 49.9 Å². The number of hydrogen-bond acceptors (Lipinski definition) is 5. The van der Waals surface area contributed by atoms with E-state index in [1.54, 1.807) is 19.5 Å². The Kier molecular flexibility index (Phi) is 6.32. The smallest absolute Gasteiger partial charge is 0.315 e. The van der Waals surface area contributed by atoms with E-state index in [0.29, 0.717) is 13.2 Å². The molecule has 0 aliphatic heterocycles. The number of carbonyl (C=O) groups is 1. The molecule has 8 nitrogen and oxygen atoms in total. The minimum Gasteiger partial charge on any atom is -0.383 e. The number of aryl methyl sites for hydroxylation is 1. The highest BCUT2D eigenvalue weighted by atomic mass is 16.5. The van der Waals surface area contributed by atoms with Crippen LogP contribution in [0.25, 0.3) is 22.2 Å². The molecule has 32 heavy (non-hydrogen) atoms. The van der Waals surface area contributed by atoms with Gasteiger partial charge in [-0.2, -0.15) is 5.10 Å². The quantitative estimate of drug-likeness (QED) is 0.528. The number of fused-ring (bicyclic) bond motifs is 1. The average molecular weight is 433 g/mol. The van der Waals surface area contributed by atoms with Gasteiger partial charge >= 0.3 is 6.03 Å². The molecule has 1 aliphatic carbocycles. The maximum atomic E-state index is 12.6. The molecule has 0 radical (unpaired) electrons. The van der Waals surface area contributed by atoms with Crippen LogP contribution in [0.3, 0.4) is 0 Å². The van der Waals surface area contributed by atoms with E-state index in [9.17, 15) is 4.79 Å². The first kappa shape index (κ1) is 21.7. The van der Waals surface area contributed by atoms with Crippen molar-refractivity contribution in [1.29, 1.82) is 0 Å². The molecule has 1 aliphatic rings. The number of allylic oxidation sites excluding steroid dienone is 3. The summed E-state index contributed by atoms with van der Waals surface area (Å²) in [5.41, 5.74) is 4.16. The van der Waals surface area contributed by atoms with Crippen LogP contribution in [0.2, 0.25) is 0 Å². The lowest BCUT2D eigenvalue weighted by Crippen LogP contribution is -2.51. The summed E-state index contributed by atoms with van der Waals surface area (Å²) in [5, 5.41) is 14.4. The lowest BCUT2D eigenvalue weighted by molar-refractivity contribution is 0.121. The summed E-state index contributed by atoms with van der Waals surface area (Å²) in [6.07, 6.45) is 12.6. The number of ether oxygens (including phenoxy) is 1. The van der Waals surface area contributed by atoms with Gasteiger partial charge in [0, 0.05) is 41.6 Å². The van der Waals surface area contributed by atoms with Gasteiger partial charge in [0.15, 0.2) is 0 Å². The maximum Gasteiger partial charge on any atom is 0.315 e. The molecule has 2 atom stereocenters. The minimum absolute atomic E-state index is 0.150. The van der Waals surface area contributed by atoms with Crippen LogP contribution >= 0.6 is 0 Å². The molecular weight excluding hydrogens is 404 g/mol. The third-order valence-electron chi connectivity index (χ3n) is 5.82. The number of hydrogen-bond donors (Lipinski definition) is 3. The molecule has 0 fully saturated rings. The summed E-state index contributed by atoms with van der Waals surface area (Å²) in [6.45, 7) is 4.80. The van der Waals surface area contributed by atoms with E-state index in [1.807, 2.05) is 37.3 Å². The summed E-state index contributed by atoms with van der Waals surface area (Å²) in [7, 11) is 1.64. The average Bonchev–Trinajstić information content (AvgIpc) is 3.21. The fourth-order valence-electron chi connectivity index (χ4n) is 3.91. The molecule has 8 heteroatoms. The van der Waals surface area contributed by atoms with Gasteiger partial charge in [-0.05, 0) is 31.5 Å². The number of H-pyrrole nitrogens is 1. The molecule has 2 amide bonds. The largest absolute Gasteiger partial charge is 0.383 e. The summed E-state index contributed by atoms with van der Waals surface area (Å²) >= 11 is 0. The Bertz CT molecular complexity index is 1170. The molecule has 4 rings (SSSR count). The molecular formula is C24H28N6O2. The Hall–Kier alpha value is -3.52. The highest BCUT2D eigenvalue weighted by Crippen LogP contribution is 2.31. The second-order valence-corrected chi connectivity index (χ2v) is 8.31. The summed E-state index contributed by atoms with van der Waals surface area (Å²) in [6, 6.07) is 5.42. The van der Waals surface area contributed by atoms with Crippen LogP contribution in [0, 0.1) is 12.3 Å². The third-order valence-corrected chi connectivity index (χ3v) is 5.82. The van der Waals surface area contributed by atoms with Crippen molar-refractivity contribution in [2.75, 3.05) is 13.7 Å². The van der Waals surface area contributed by atoms with Gasteiger partial charge in [-0.25, -0.2) is 4.79 Å². The Labute approximate surface area is 187 Å². The van der Waals surface area contributed by atoms with Crippen molar-refractivity contribution in [2.24, 2.45) is 5.41 Å². The molecule has 3 aromatic heterocycles. The summed E-state index contributed by atoms with van der Waals surface area (Å²) in [5.74, 6) is 0. The summed E-state index contributed by atoms with van der Waals surface area (Å²) in [4.78, 5) is 21.3. The molecule has 3 heterocycles. The van der Waals surface area contributed by atoms with Crippen LogP contribution in [-0.2, 0) is 11.3 Å². The first-order valence-corrected chi connectivity index (χ1v) is 10.6. The monoisotopic (exact) mass is 432 g/mol. The van der Waals surface area contributed by atoms with E-state index in [1.165, 1.54) is 0 Å². The third kappa shape index (κ3) is 4.70. The molecule has 0 saturated carbocycles. The highest BCUT2D eigenvalue weighted by molar-refractivity contribution is 5.92. The summed E-state index contributed by atoms with van der Waals surface area (Å²) < 4.78 is 5.35. The van der Waals surface area contributed by atoms with Crippen molar-refractivity contribution < 1.29 is 9.53 Å². The molecule has 0 spiro atoms. The van der Waals surface area contributed by atoms with Gasteiger partial charge in [0.25, 0.3) is 0 Å². The minimum atomic E-state index is -0.254. The van der Waals surface area contributed by atoms with Crippen LogP contribution < -0.4 is 10.6 Å². The first-order chi connectivity index (χ1) is 15.5. The molecule has 3 N–H and O–H groups in total. The molecule has 0 bridgehead atoms. The number of methoxy groups -OCH3 is 1. The molecule has 3 aromatic rings. The molecule has 1 unspecified atom stereocenters. The number of rotatable bonds is 7. The van der Waals surface area contributed by atoms with E-state index in [0.717, 1.165) is 40.0 Å². The van der Waals surface area contributed by atoms with Crippen molar-refractivity contribution in [3.8, 4) is 11.3 Å². The predicted molar refractivity (Wildman–Crippen MR) is 124 cm³/mol. The zero-order chi connectivity index (χ0) is 22.6. The Morgan fingerprint density at radius 3 is 2.94 bits per heavy atom. The lowest BCUT2D eigenvalue weighted by Gasteiger charge is -2.35. The fraction of sp³-hybridized carbons (Fsp3) is 0.333. The van der Waals surface area contributed by atoms with E-state index >= 15 is 0 Å². The number of urea groups is 1. The SMILES string of the molecule is COC[C@H](NC(=O)NCc1cc2[nH]nc(-c3ccnc(C)c3)c2cn1)C1(C)C=CC=CC1. The Balaban J connectivity index is 1.42. The standard InChI is InChI=1S/C24H28N6O2/c1-16-11-17(7-10-25-16)22-19-14-26-18(12-20(19)29-30-22)13-27-23(31)28-21(15-32-3)24(2)8-5-4-6-9-24/h4-8,10-12,14,21H,9,13,15H2,1-3H3,(H,29,30)(H2,27,28,31)/t21-,24?/m0/s1. The maximum absolute atomic E-state index is 12.6. The Morgan fingerprint density at radius 2 is 2.19 bits per heavy atom. The van der Waals surface area contributed by atoms with Crippen molar-refractivity contribution in [3.05, 3.63) is 66.3 Å². The van der Waals surface area contributed by atoms with Gasteiger partial charge in [0.2, 0.25) is 0 Å². The van der Waals surface area contributed by atoms with Gasteiger partial charge in [-0.3, -0.25) is 15.1 Å². The molecule has 166 valence electrons. The topological polar surface area (TPSA) is 105 Å². The second-order valence-electron chi connectivity index (χ2n) is 8.31. The number of pyridine rings is 2. The number of nitrogens with one attached hydrogen (secondary N) is 3. The number of nitrogens with zero attached hydrogens (tertiary/aromatic N) is 3. The first-order valence-electron chi connectivity index (χ1n) is 10.6. The zero-order valence-electron chi connectivity index (χ0n) is 18.6. The highest BCUT2D eigenvalue weighted by Gasteiger charge is 2.33. The van der Waals surface area contributed by atoms with Gasteiger partial charge < -0.3 is 15.4 Å². The van der Waals surface area contributed by atoms with Crippen LogP contribution in [0.1, 0.15) is 24.7 Å². The van der Waals surface area contributed by atoms with Crippen molar-refractivity contribution in [3.63, 3.8) is 0 Å². The van der Waals surface area contributed by atoms with Crippen LogP contribution in [-0.4, -0.2) is 46.0 Å². The number of carbonyl (C=O) groups excluding carboxylic acids is 1.